The van der Waals surface area contributed by atoms with Crippen LogP contribution in [-0.4, -0.2) is 9.52 Å². The zero-order valence-corrected chi connectivity index (χ0v) is 29.1. The molecule has 0 saturated heterocycles. The fourth-order valence-electron chi connectivity index (χ4n) is 4.53. The maximum absolute atomic E-state index is 3.60. The van der Waals surface area contributed by atoms with E-state index in [-0.39, 0.29) is 56.4 Å². The Morgan fingerprint density at radius 3 is 1.68 bits per heavy atom. The van der Waals surface area contributed by atoms with Crippen molar-refractivity contribution in [2.45, 2.75) is 95.7 Å². The molecular formula is C30H47Cl2SiZr. The van der Waals surface area contributed by atoms with Gasteiger partial charge in [0, 0.05) is 9.52 Å². The van der Waals surface area contributed by atoms with Crippen molar-refractivity contribution in [3.8, 4) is 0 Å². The number of rotatable bonds is 1. The van der Waals surface area contributed by atoms with Gasteiger partial charge in [-0.05, 0) is 17.3 Å². The van der Waals surface area contributed by atoms with E-state index < -0.39 is 0 Å². The van der Waals surface area contributed by atoms with Crippen molar-refractivity contribution >= 4 is 9.52 Å². The van der Waals surface area contributed by atoms with E-state index >= 15 is 0 Å². The molecule has 2 aliphatic carbocycles. The molecule has 0 amide bonds. The Hall–Kier alpha value is -0.01000. The Morgan fingerprint density at radius 2 is 1.35 bits per heavy atom. The van der Waals surface area contributed by atoms with E-state index in [2.05, 4.69) is 114 Å². The maximum Gasteiger partial charge on any atom is 4.00 e. The van der Waals surface area contributed by atoms with E-state index in [0.29, 0.717) is 11.8 Å². The molecule has 4 heteroatoms. The van der Waals surface area contributed by atoms with E-state index in [9.17, 15) is 0 Å². The van der Waals surface area contributed by atoms with Gasteiger partial charge in [0.1, 0.15) is 0 Å². The van der Waals surface area contributed by atoms with Crippen molar-refractivity contribution in [2.24, 2.45) is 17.3 Å². The van der Waals surface area contributed by atoms with Gasteiger partial charge in [-0.1, -0.05) is 107 Å². The van der Waals surface area contributed by atoms with Gasteiger partial charge in [0.2, 0.25) is 0 Å². The third-order valence-electron chi connectivity index (χ3n) is 6.51. The van der Waals surface area contributed by atoms with E-state index in [1.54, 1.807) is 11.1 Å². The van der Waals surface area contributed by atoms with Gasteiger partial charge in [0.25, 0.3) is 0 Å². The van der Waals surface area contributed by atoms with Crippen LogP contribution in [0.15, 0.2) is 46.1 Å². The molecule has 0 spiro atoms. The average Bonchev–Trinajstić information content (AvgIpc) is 3.06. The molecule has 1 unspecified atom stereocenters. The molecule has 0 aliphatic heterocycles. The first kappa shape index (κ1) is 38.5. The van der Waals surface area contributed by atoms with Crippen molar-refractivity contribution in [1.82, 2.24) is 0 Å². The third kappa shape index (κ3) is 9.80. The van der Waals surface area contributed by atoms with Crippen LogP contribution in [0.25, 0.3) is 0 Å². The van der Waals surface area contributed by atoms with Crippen LogP contribution >= 0.6 is 0 Å². The molecule has 34 heavy (non-hydrogen) atoms. The summed E-state index contributed by atoms with van der Waals surface area (Å²) < 4.78 is 0. The molecule has 0 saturated carbocycles. The average molecular weight is 598 g/mol. The fourth-order valence-corrected chi connectivity index (χ4v) is 4.53. The molecule has 2 aliphatic rings. The predicted octanol–water partition coefficient (Wildman–Crippen LogP) is 2.80. The normalized spacial score (nSPS) is 16.6. The summed E-state index contributed by atoms with van der Waals surface area (Å²) in [6.07, 6.45) is 9.27. The minimum atomic E-state index is 0. The molecule has 1 aromatic carbocycles. The van der Waals surface area contributed by atoms with Gasteiger partial charge in [-0.15, -0.1) is 17.2 Å². The van der Waals surface area contributed by atoms with Gasteiger partial charge in [-0.2, -0.15) is 45.5 Å². The molecule has 0 aromatic heterocycles. The number of hydrogen-bond donors (Lipinski definition) is 0. The Balaban J connectivity index is -0.000000545. The number of allylic oxidation sites excluding steroid dienone is 8. The van der Waals surface area contributed by atoms with Crippen molar-refractivity contribution in [1.29, 1.82) is 0 Å². The van der Waals surface area contributed by atoms with Crippen molar-refractivity contribution in [3.05, 3.63) is 74.4 Å². The van der Waals surface area contributed by atoms with Crippen LogP contribution in [0, 0.1) is 51.0 Å². The zero-order chi connectivity index (χ0) is 24.1. The monoisotopic (exact) mass is 595 g/mol. The van der Waals surface area contributed by atoms with Crippen molar-refractivity contribution in [3.63, 3.8) is 0 Å². The number of halogens is 2. The van der Waals surface area contributed by atoms with Crippen LogP contribution < -0.4 is 24.8 Å². The van der Waals surface area contributed by atoms with Gasteiger partial charge in [-0.3, -0.25) is 0 Å². The SMILES string of the molecule is CC1=CC=C(C(C)C)C(C(C)(C)C)C2=C(C)C[C-]=C12.C[SiH]C.Cc1[cH-]c(C)c(C)c1C.[Cl-].[Cl-].[Zr+4]. The molecular weight excluding hydrogens is 551 g/mol. The molecule has 0 bridgehead atoms. The molecule has 1 radical (unpaired) electrons. The largest absolute Gasteiger partial charge is 4.00 e. The Morgan fingerprint density at radius 1 is 0.912 bits per heavy atom. The summed E-state index contributed by atoms with van der Waals surface area (Å²) in [5.74, 6) is 1.11. The van der Waals surface area contributed by atoms with Gasteiger partial charge in [0.15, 0.2) is 0 Å². The van der Waals surface area contributed by atoms with Gasteiger partial charge in [-0.25, -0.2) is 0 Å². The Labute approximate surface area is 246 Å². The minimum Gasteiger partial charge on any atom is -1.00 e. The molecule has 0 nitrogen and oxygen atoms in total. The first-order valence-corrected chi connectivity index (χ1v) is 14.2. The molecule has 1 atom stereocenters. The molecule has 3 rings (SSSR count). The third-order valence-corrected chi connectivity index (χ3v) is 6.51. The topological polar surface area (TPSA) is 0 Å². The van der Waals surface area contributed by atoms with Gasteiger partial charge in [0.05, 0.1) is 0 Å². The van der Waals surface area contributed by atoms with Crippen LogP contribution in [0.2, 0.25) is 13.1 Å². The van der Waals surface area contributed by atoms with Crippen molar-refractivity contribution < 1.29 is 51.0 Å². The van der Waals surface area contributed by atoms with E-state index in [4.69, 9.17) is 0 Å². The first-order chi connectivity index (χ1) is 14.3. The van der Waals surface area contributed by atoms with Crippen molar-refractivity contribution in [2.75, 3.05) is 0 Å². The second-order valence-electron chi connectivity index (χ2n) is 10.7. The van der Waals surface area contributed by atoms with Crippen LogP contribution in [0.3, 0.4) is 0 Å². The molecule has 189 valence electrons. The second kappa shape index (κ2) is 16.7. The van der Waals surface area contributed by atoms with Crippen LogP contribution in [0.1, 0.15) is 77.1 Å². The summed E-state index contributed by atoms with van der Waals surface area (Å²) in [5.41, 5.74) is 13.4. The van der Waals surface area contributed by atoms with E-state index in [0.717, 1.165) is 15.9 Å². The standard InChI is InChI=1S/C19H27.C9H13.C2H7Si.2ClH.Zr/c1-12(2)15-10-8-13(3)16-11-9-14(4)17(16)18(15)19(5,6)7;1-6-5-7(2)9(4)8(6)3;1-3-2;;;/h8,10,12,18H,9H2,1-7H3;5H,1-4H3;3H,1-2H3;2*1H;/q2*-1;;;;+4/p-2. The second-order valence-corrected chi connectivity index (χ2v) is 11.9. The summed E-state index contributed by atoms with van der Waals surface area (Å²) in [6.45, 7) is 29.3. The zero-order valence-electron chi connectivity index (χ0n) is 23.9. The van der Waals surface area contributed by atoms with Gasteiger partial charge < -0.3 is 24.8 Å². The quantitative estimate of drug-likeness (QED) is 0.345. The van der Waals surface area contributed by atoms with Crippen LogP contribution in [0.5, 0.6) is 0 Å². The summed E-state index contributed by atoms with van der Waals surface area (Å²) in [5, 5.41) is 0. The first-order valence-electron chi connectivity index (χ1n) is 11.9. The fraction of sp³-hybridized carbons (Fsp3) is 0.567. The molecule has 1 aromatic rings. The predicted molar refractivity (Wildman–Crippen MR) is 144 cm³/mol. The van der Waals surface area contributed by atoms with Gasteiger partial charge >= 0.3 is 26.2 Å². The summed E-state index contributed by atoms with van der Waals surface area (Å²) in [6, 6.07) is 2.24. The maximum atomic E-state index is 3.60. The van der Waals surface area contributed by atoms with E-state index in [1.807, 2.05) is 0 Å². The number of aryl methyl sites for hydroxylation is 2. The number of fused-ring (bicyclic) bond motifs is 1. The number of hydrogen-bond acceptors (Lipinski definition) is 0. The minimum absolute atomic E-state index is 0. The summed E-state index contributed by atoms with van der Waals surface area (Å²) in [4.78, 5) is 0. The Kier molecular flexibility index (Phi) is 18.9. The molecule has 0 heterocycles. The summed E-state index contributed by atoms with van der Waals surface area (Å²) in [7, 11) is 0.750. The molecule has 0 fully saturated rings. The molecule has 0 N–H and O–H groups in total. The smallest absolute Gasteiger partial charge is 1.00 e. The van der Waals surface area contributed by atoms with Crippen LogP contribution in [-0.2, 0) is 26.2 Å². The van der Waals surface area contributed by atoms with E-state index in [1.165, 1.54) is 39.0 Å². The van der Waals surface area contributed by atoms with Crippen LogP contribution in [0.4, 0.5) is 0 Å². The summed E-state index contributed by atoms with van der Waals surface area (Å²) >= 11 is 0. The Bertz CT molecular complexity index is 867.